The van der Waals surface area contributed by atoms with Crippen LogP contribution in [0.2, 0.25) is 0 Å². The van der Waals surface area contributed by atoms with Crippen LogP contribution in [0.1, 0.15) is 30.6 Å². The van der Waals surface area contributed by atoms with Crippen LogP contribution in [-0.2, 0) is 15.4 Å². The van der Waals surface area contributed by atoms with Crippen LogP contribution in [0, 0.1) is 0 Å². The summed E-state index contributed by atoms with van der Waals surface area (Å²) in [6, 6.07) is 20.4. The summed E-state index contributed by atoms with van der Waals surface area (Å²) in [6.07, 6.45) is 0.845. The lowest BCUT2D eigenvalue weighted by Crippen LogP contribution is -2.19. The fraction of sp³-hybridized carbons (Fsp3) is 0.250. The van der Waals surface area contributed by atoms with Crippen molar-refractivity contribution in [1.29, 1.82) is 0 Å². The van der Waals surface area contributed by atoms with Crippen molar-refractivity contribution in [2.45, 2.75) is 25.0 Å². The minimum absolute atomic E-state index is 0.0106. The van der Waals surface area contributed by atoms with Gasteiger partial charge in [-0.25, -0.2) is 9.78 Å². The maximum atomic E-state index is 5.59. The largest absolute Gasteiger partial charge is 0.228 e. The smallest absolute Gasteiger partial charge is 0.129 e. The molecule has 0 amide bonds. The summed E-state index contributed by atoms with van der Waals surface area (Å²) in [5.74, 6) is 0. The highest BCUT2D eigenvalue weighted by molar-refractivity contribution is 5.25. The van der Waals surface area contributed by atoms with Crippen molar-refractivity contribution in [3.05, 3.63) is 71.8 Å². The molecule has 2 heteroatoms. The second-order valence-corrected chi connectivity index (χ2v) is 4.88. The van der Waals surface area contributed by atoms with Crippen molar-refractivity contribution in [3.63, 3.8) is 0 Å². The molecule has 1 aliphatic heterocycles. The van der Waals surface area contributed by atoms with Crippen LogP contribution in [0.5, 0.6) is 0 Å². The molecule has 0 N–H and O–H groups in total. The van der Waals surface area contributed by atoms with Crippen LogP contribution >= 0.6 is 0 Å². The Bertz CT molecular complexity index is 509. The molecule has 3 rings (SSSR count). The molecule has 0 aromatic heterocycles. The molecule has 0 aliphatic carbocycles. The Morgan fingerprint density at radius 2 is 1.56 bits per heavy atom. The summed E-state index contributed by atoms with van der Waals surface area (Å²) in [7, 11) is 0. The van der Waals surface area contributed by atoms with Gasteiger partial charge in [0.1, 0.15) is 11.7 Å². The van der Waals surface area contributed by atoms with Crippen molar-refractivity contribution in [1.82, 2.24) is 0 Å². The summed E-state index contributed by atoms with van der Waals surface area (Å²) >= 11 is 0. The first-order valence-corrected chi connectivity index (χ1v) is 6.23. The van der Waals surface area contributed by atoms with E-state index in [1.165, 1.54) is 0 Å². The van der Waals surface area contributed by atoms with Crippen molar-refractivity contribution in [3.8, 4) is 0 Å². The van der Waals surface area contributed by atoms with Crippen molar-refractivity contribution >= 4 is 0 Å². The molecule has 0 saturated carbocycles. The molecule has 0 spiro atoms. The van der Waals surface area contributed by atoms with Gasteiger partial charge in [-0.1, -0.05) is 60.7 Å². The Labute approximate surface area is 107 Å². The maximum Gasteiger partial charge on any atom is 0.129 e. The lowest BCUT2D eigenvalue weighted by molar-refractivity contribution is -0.328. The molecule has 2 atom stereocenters. The second kappa shape index (κ2) is 4.56. The summed E-state index contributed by atoms with van der Waals surface area (Å²) in [5, 5.41) is 0. The van der Waals surface area contributed by atoms with Gasteiger partial charge in [0, 0.05) is 6.42 Å². The van der Waals surface area contributed by atoms with Gasteiger partial charge in [0.25, 0.3) is 0 Å². The third-order valence-corrected chi connectivity index (χ3v) is 3.48. The first-order chi connectivity index (χ1) is 8.78. The molecule has 18 heavy (non-hydrogen) atoms. The Kier molecular flexibility index (Phi) is 2.90. The minimum atomic E-state index is -0.359. The molecule has 1 heterocycles. The summed E-state index contributed by atoms with van der Waals surface area (Å²) in [4.78, 5) is 11.1. The second-order valence-electron chi connectivity index (χ2n) is 4.88. The van der Waals surface area contributed by atoms with Gasteiger partial charge in [-0.05, 0) is 18.1 Å². The number of hydrogen-bond donors (Lipinski definition) is 0. The Hall–Kier alpha value is -1.64. The first-order valence-electron chi connectivity index (χ1n) is 6.23. The molecule has 0 unspecified atom stereocenters. The zero-order valence-corrected chi connectivity index (χ0v) is 10.4. The van der Waals surface area contributed by atoms with Crippen molar-refractivity contribution < 1.29 is 9.78 Å². The zero-order chi connectivity index (χ0) is 12.4. The van der Waals surface area contributed by atoms with Gasteiger partial charge < -0.3 is 0 Å². The number of rotatable bonds is 2. The molecule has 1 fully saturated rings. The van der Waals surface area contributed by atoms with E-state index in [0.29, 0.717) is 0 Å². The topological polar surface area (TPSA) is 18.5 Å². The van der Waals surface area contributed by atoms with E-state index in [1.807, 2.05) is 36.4 Å². The van der Waals surface area contributed by atoms with Crippen LogP contribution in [0.3, 0.4) is 0 Å². The highest BCUT2D eigenvalue weighted by Crippen LogP contribution is 2.43. The lowest BCUT2D eigenvalue weighted by Gasteiger charge is -2.20. The average molecular weight is 240 g/mol. The molecule has 92 valence electrons. The third kappa shape index (κ3) is 2.05. The predicted molar refractivity (Wildman–Crippen MR) is 69.8 cm³/mol. The highest BCUT2D eigenvalue weighted by atomic mass is 17.2. The third-order valence-electron chi connectivity index (χ3n) is 3.48. The standard InChI is InChI=1S/C16H16O2/c1-16(14-10-6-3-7-11-14)12-15(17-18-16)13-8-4-2-5-9-13/h2-11,15H,12H2,1H3/t15-,16+/m1/s1. The fourth-order valence-electron chi connectivity index (χ4n) is 2.38. The van der Waals surface area contributed by atoms with Crippen molar-refractivity contribution in [2.75, 3.05) is 0 Å². The van der Waals surface area contributed by atoms with Gasteiger partial charge in [0.15, 0.2) is 0 Å². The van der Waals surface area contributed by atoms with Crippen LogP contribution in [0.25, 0.3) is 0 Å². The molecule has 2 aromatic carbocycles. The quantitative estimate of drug-likeness (QED) is 0.739. The number of benzene rings is 2. The molecule has 0 radical (unpaired) electrons. The molecule has 2 nitrogen and oxygen atoms in total. The van der Waals surface area contributed by atoms with Gasteiger partial charge in [-0.2, -0.15) is 0 Å². The minimum Gasteiger partial charge on any atom is -0.228 e. The molecule has 1 aliphatic rings. The lowest BCUT2D eigenvalue weighted by atomic mass is 9.89. The highest BCUT2D eigenvalue weighted by Gasteiger charge is 2.40. The monoisotopic (exact) mass is 240 g/mol. The number of hydrogen-bond acceptors (Lipinski definition) is 2. The summed E-state index contributed by atoms with van der Waals surface area (Å²) in [5.41, 5.74) is 1.96. The average Bonchev–Trinajstić information content (AvgIpc) is 2.85. The maximum absolute atomic E-state index is 5.59. The van der Waals surface area contributed by atoms with Gasteiger partial charge in [-0.15, -0.1) is 0 Å². The first kappa shape index (κ1) is 11.5. The van der Waals surface area contributed by atoms with E-state index in [9.17, 15) is 0 Å². The zero-order valence-electron chi connectivity index (χ0n) is 10.4. The van der Waals surface area contributed by atoms with Crippen LogP contribution in [0.4, 0.5) is 0 Å². The van der Waals surface area contributed by atoms with E-state index >= 15 is 0 Å². The van der Waals surface area contributed by atoms with E-state index in [1.54, 1.807) is 0 Å². The van der Waals surface area contributed by atoms with Crippen LogP contribution in [-0.4, -0.2) is 0 Å². The van der Waals surface area contributed by atoms with E-state index in [-0.39, 0.29) is 11.7 Å². The Morgan fingerprint density at radius 1 is 0.944 bits per heavy atom. The fourth-order valence-corrected chi connectivity index (χ4v) is 2.38. The van der Waals surface area contributed by atoms with Gasteiger partial charge in [-0.3, -0.25) is 0 Å². The van der Waals surface area contributed by atoms with Gasteiger partial charge >= 0.3 is 0 Å². The van der Waals surface area contributed by atoms with Crippen LogP contribution < -0.4 is 0 Å². The van der Waals surface area contributed by atoms with Gasteiger partial charge in [0.05, 0.1) is 0 Å². The molecule has 0 bridgehead atoms. The molecule has 1 saturated heterocycles. The molecular weight excluding hydrogens is 224 g/mol. The van der Waals surface area contributed by atoms with E-state index in [0.717, 1.165) is 17.5 Å². The van der Waals surface area contributed by atoms with E-state index in [2.05, 4.69) is 31.2 Å². The Balaban J connectivity index is 1.83. The van der Waals surface area contributed by atoms with E-state index < -0.39 is 0 Å². The summed E-state index contributed by atoms with van der Waals surface area (Å²) in [6.45, 7) is 2.07. The molecule has 2 aromatic rings. The van der Waals surface area contributed by atoms with Crippen molar-refractivity contribution in [2.24, 2.45) is 0 Å². The van der Waals surface area contributed by atoms with E-state index in [4.69, 9.17) is 9.78 Å². The molecular formula is C16H16O2. The van der Waals surface area contributed by atoms with Crippen LogP contribution in [0.15, 0.2) is 60.7 Å². The SMILES string of the molecule is C[C@@]1(c2ccccc2)C[C@H](c2ccccc2)OO1. The predicted octanol–water partition coefficient (Wildman–Crippen LogP) is 4.00. The Morgan fingerprint density at radius 3 is 2.22 bits per heavy atom. The normalized spacial score (nSPS) is 27.3. The summed E-state index contributed by atoms with van der Waals surface area (Å²) < 4.78 is 0. The van der Waals surface area contributed by atoms with Gasteiger partial charge in [0.2, 0.25) is 0 Å².